The number of rotatable bonds is 5. The van der Waals surface area contributed by atoms with E-state index in [4.69, 9.17) is 0 Å². The van der Waals surface area contributed by atoms with Crippen LogP contribution in [-0.4, -0.2) is 22.9 Å². The maximum absolute atomic E-state index is 12.9. The summed E-state index contributed by atoms with van der Waals surface area (Å²) in [5.41, 5.74) is 0.438. The Bertz CT molecular complexity index is 361. The fourth-order valence-corrected chi connectivity index (χ4v) is 3.28. The van der Waals surface area contributed by atoms with Gasteiger partial charge in [-0.15, -0.1) is 0 Å². The average molecular weight is 312 g/mol. The first-order valence-electron chi connectivity index (χ1n) is 8.74. The molecule has 1 amide bonds. The number of nitrogens with zero attached hydrogens (tertiary/aromatic N) is 1. The molecule has 22 heavy (non-hydrogen) atoms. The van der Waals surface area contributed by atoms with E-state index in [1.807, 2.05) is 0 Å². The lowest BCUT2D eigenvalue weighted by Gasteiger charge is -2.40. The summed E-state index contributed by atoms with van der Waals surface area (Å²) in [6.07, 6.45) is 2.73. The van der Waals surface area contributed by atoms with Crippen molar-refractivity contribution in [2.45, 2.75) is 101 Å². The summed E-state index contributed by atoms with van der Waals surface area (Å²) in [6.45, 7) is 25.2. The quantitative estimate of drug-likeness (QED) is 0.618. The topological polar surface area (TPSA) is 20.3 Å². The first kappa shape index (κ1) is 21.5. The van der Waals surface area contributed by atoms with Crippen LogP contribution in [-0.2, 0) is 4.79 Å². The first-order chi connectivity index (χ1) is 9.43. The summed E-state index contributed by atoms with van der Waals surface area (Å²) in [5, 5.41) is 0. The third-order valence-electron chi connectivity index (χ3n) is 3.83. The Labute approximate surface area is 140 Å². The molecule has 2 nitrogen and oxygen atoms in total. The van der Waals surface area contributed by atoms with E-state index in [1.165, 1.54) is 0 Å². The second-order valence-electron chi connectivity index (χ2n) is 11.1. The minimum Gasteiger partial charge on any atom is -0.338 e. The van der Waals surface area contributed by atoms with Gasteiger partial charge in [-0.3, -0.25) is 4.79 Å². The molecule has 132 valence electrons. The Morgan fingerprint density at radius 2 is 1.23 bits per heavy atom. The lowest BCUT2D eigenvalue weighted by atomic mass is 9.74. The first-order valence-corrected chi connectivity index (χ1v) is 8.74. The van der Waals surface area contributed by atoms with Gasteiger partial charge in [-0.25, -0.2) is 0 Å². The van der Waals surface area contributed by atoms with Gasteiger partial charge in [0.1, 0.15) is 0 Å². The Morgan fingerprint density at radius 3 is 1.55 bits per heavy atom. The van der Waals surface area contributed by atoms with E-state index in [-0.39, 0.29) is 21.8 Å². The van der Waals surface area contributed by atoms with E-state index >= 15 is 0 Å². The second-order valence-corrected chi connectivity index (χ2v) is 11.1. The summed E-state index contributed by atoms with van der Waals surface area (Å²) in [4.78, 5) is 15.0. The molecule has 0 saturated heterocycles. The predicted molar refractivity (Wildman–Crippen MR) is 98.0 cm³/mol. The molecule has 0 saturated carbocycles. The number of hydrogen-bond acceptors (Lipinski definition) is 1. The van der Waals surface area contributed by atoms with Crippen molar-refractivity contribution in [3.05, 3.63) is 0 Å². The zero-order valence-corrected chi connectivity index (χ0v) is 17.2. The standard InChI is InChI=1S/C20H41NO/c1-17(2,3)12-13-21(19(7,8)9)16(22)14-20(10,11)15-18(4,5)6/h12-15H2,1-11H3. The van der Waals surface area contributed by atoms with Crippen molar-refractivity contribution in [1.82, 2.24) is 4.90 Å². The zero-order valence-electron chi connectivity index (χ0n) is 17.2. The van der Waals surface area contributed by atoms with Crippen LogP contribution in [0, 0.1) is 16.2 Å². The molecule has 0 N–H and O–H groups in total. The van der Waals surface area contributed by atoms with Gasteiger partial charge in [0.25, 0.3) is 0 Å². The highest BCUT2D eigenvalue weighted by Gasteiger charge is 2.33. The lowest BCUT2D eigenvalue weighted by Crippen LogP contribution is -2.48. The van der Waals surface area contributed by atoms with E-state index in [0.717, 1.165) is 19.4 Å². The van der Waals surface area contributed by atoms with Crippen LogP contribution >= 0.6 is 0 Å². The van der Waals surface area contributed by atoms with Crippen LogP contribution in [0.15, 0.2) is 0 Å². The van der Waals surface area contributed by atoms with Gasteiger partial charge >= 0.3 is 0 Å². The average Bonchev–Trinajstić information content (AvgIpc) is 2.06. The van der Waals surface area contributed by atoms with Gasteiger partial charge in [-0.2, -0.15) is 0 Å². The Balaban J connectivity index is 4.99. The van der Waals surface area contributed by atoms with Gasteiger partial charge in [0, 0.05) is 18.5 Å². The summed E-state index contributed by atoms with van der Waals surface area (Å²) < 4.78 is 0. The van der Waals surface area contributed by atoms with Gasteiger partial charge in [-0.1, -0.05) is 55.4 Å². The van der Waals surface area contributed by atoms with E-state index < -0.39 is 0 Å². The van der Waals surface area contributed by atoms with E-state index in [1.54, 1.807) is 0 Å². The Hall–Kier alpha value is -0.530. The van der Waals surface area contributed by atoms with Gasteiger partial charge in [-0.05, 0) is 49.9 Å². The molecule has 2 heteroatoms. The molecule has 0 aromatic rings. The molecule has 0 fully saturated rings. The highest BCUT2D eigenvalue weighted by Crippen LogP contribution is 2.37. The summed E-state index contributed by atoms with van der Waals surface area (Å²) >= 11 is 0. The van der Waals surface area contributed by atoms with Crippen molar-refractivity contribution in [3.63, 3.8) is 0 Å². The summed E-state index contributed by atoms with van der Waals surface area (Å²) in [7, 11) is 0. The van der Waals surface area contributed by atoms with Crippen LogP contribution in [0.3, 0.4) is 0 Å². The van der Waals surface area contributed by atoms with Gasteiger partial charge in [0.05, 0.1) is 0 Å². The molecule has 0 aromatic heterocycles. The largest absolute Gasteiger partial charge is 0.338 e. The maximum atomic E-state index is 12.9. The van der Waals surface area contributed by atoms with Crippen molar-refractivity contribution in [1.29, 1.82) is 0 Å². The van der Waals surface area contributed by atoms with Crippen molar-refractivity contribution in [2.24, 2.45) is 16.2 Å². The minimum atomic E-state index is -0.111. The summed E-state index contributed by atoms with van der Waals surface area (Å²) in [6, 6.07) is 0. The van der Waals surface area contributed by atoms with Gasteiger partial charge in [0.15, 0.2) is 0 Å². The van der Waals surface area contributed by atoms with Crippen LogP contribution < -0.4 is 0 Å². The van der Waals surface area contributed by atoms with E-state index in [9.17, 15) is 4.79 Å². The van der Waals surface area contributed by atoms with Crippen LogP contribution in [0.1, 0.15) is 95.4 Å². The number of carbonyl (C=O) groups is 1. The predicted octanol–water partition coefficient (Wildman–Crippen LogP) is 5.90. The molecular weight excluding hydrogens is 270 g/mol. The fourth-order valence-electron chi connectivity index (χ4n) is 3.28. The van der Waals surface area contributed by atoms with Crippen LogP contribution in [0.5, 0.6) is 0 Å². The normalized spacial score (nSPS) is 14.1. The van der Waals surface area contributed by atoms with Crippen LogP contribution in [0.25, 0.3) is 0 Å². The molecule has 0 aliphatic rings. The molecule has 0 aliphatic carbocycles. The zero-order chi connectivity index (χ0) is 18.0. The Morgan fingerprint density at radius 1 is 0.773 bits per heavy atom. The van der Waals surface area contributed by atoms with Crippen molar-refractivity contribution < 1.29 is 4.79 Å². The Kier molecular flexibility index (Phi) is 6.76. The highest BCUT2D eigenvalue weighted by molar-refractivity contribution is 5.77. The van der Waals surface area contributed by atoms with Crippen molar-refractivity contribution in [3.8, 4) is 0 Å². The third kappa shape index (κ3) is 9.48. The van der Waals surface area contributed by atoms with Crippen molar-refractivity contribution in [2.75, 3.05) is 6.54 Å². The van der Waals surface area contributed by atoms with Crippen LogP contribution in [0.2, 0.25) is 0 Å². The van der Waals surface area contributed by atoms with E-state index in [2.05, 4.69) is 81.1 Å². The molecular formula is C20H41NO. The van der Waals surface area contributed by atoms with Crippen LogP contribution in [0.4, 0.5) is 0 Å². The molecule has 0 rings (SSSR count). The fraction of sp³-hybridized carbons (Fsp3) is 0.950. The molecule has 0 bridgehead atoms. The number of amides is 1. The highest BCUT2D eigenvalue weighted by atomic mass is 16.2. The number of hydrogen-bond donors (Lipinski definition) is 0. The monoisotopic (exact) mass is 311 g/mol. The smallest absolute Gasteiger partial charge is 0.223 e. The molecule has 0 radical (unpaired) electrons. The number of carbonyl (C=O) groups excluding carboxylic acids is 1. The second kappa shape index (κ2) is 6.93. The molecule has 0 unspecified atom stereocenters. The SMILES string of the molecule is CC(C)(C)CCN(C(=O)CC(C)(C)CC(C)(C)C)C(C)(C)C. The van der Waals surface area contributed by atoms with Gasteiger partial charge < -0.3 is 4.90 Å². The molecule has 0 aromatic carbocycles. The molecule has 0 heterocycles. The van der Waals surface area contributed by atoms with E-state index in [0.29, 0.717) is 12.3 Å². The maximum Gasteiger partial charge on any atom is 0.223 e. The van der Waals surface area contributed by atoms with Gasteiger partial charge in [0.2, 0.25) is 5.91 Å². The molecule has 0 spiro atoms. The third-order valence-corrected chi connectivity index (χ3v) is 3.83. The molecule has 0 aliphatic heterocycles. The summed E-state index contributed by atoms with van der Waals surface area (Å²) in [5.74, 6) is 0.297. The minimum absolute atomic E-state index is 0.0422. The van der Waals surface area contributed by atoms with Crippen molar-refractivity contribution >= 4 is 5.91 Å². The lowest BCUT2D eigenvalue weighted by molar-refractivity contribution is -0.138. The molecule has 0 atom stereocenters.